The molecule has 1 amide bonds. The third-order valence-electron chi connectivity index (χ3n) is 7.78. The Kier molecular flexibility index (Phi) is 9.08. The summed E-state index contributed by atoms with van der Waals surface area (Å²) < 4.78 is 5.93. The topological polar surface area (TPSA) is 70.1 Å². The number of nitrogens with zero attached hydrogens (tertiary/aromatic N) is 2. The van der Waals surface area contributed by atoms with Gasteiger partial charge in [0, 0.05) is 38.2 Å². The highest BCUT2D eigenvalue weighted by Gasteiger charge is 2.47. The lowest BCUT2D eigenvalue weighted by Crippen LogP contribution is -2.46. The predicted octanol–water partition coefficient (Wildman–Crippen LogP) is 7.04. The van der Waals surface area contributed by atoms with Gasteiger partial charge in [0.05, 0.1) is 12.1 Å². The van der Waals surface area contributed by atoms with Crippen LogP contribution in [0.4, 0.5) is 10.5 Å². The Balaban J connectivity index is 1.47. The van der Waals surface area contributed by atoms with Crippen molar-refractivity contribution >= 4 is 23.3 Å². The minimum absolute atomic E-state index is 0.198. The van der Waals surface area contributed by atoms with E-state index < -0.39 is 11.6 Å². The van der Waals surface area contributed by atoms with Gasteiger partial charge in [0.15, 0.2) is 0 Å². The molecular weight excluding hydrogens is 488 g/mol. The maximum Gasteiger partial charge on any atom is 0.415 e. The minimum Gasteiger partial charge on any atom is -0.478 e. The van der Waals surface area contributed by atoms with Gasteiger partial charge in [-0.3, -0.25) is 9.80 Å². The number of carbonyl (C=O) groups is 2. The zero-order valence-corrected chi connectivity index (χ0v) is 23.2. The molecule has 0 unspecified atom stereocenters. The number of likely N-dealkylation sites (tertiary alicyclic amines) is 1. The van der Waals surface area contributed by atoms with E-state index in [0.717, 1.165) is 63.7 Å². The van der Waals surface area contributed by atoms with Gasteiger partial charge in [-0.05, 0) is 64.9 Å². The van der Waals surface area contributed by atoms with Crippen LogP contribution >= 0.6 is 0 Å². The molecule has 0 atom stereocenters. The van der Waals surface area contributed by atoms with Crippen LogP contribution in [0.15, 0.2) is 67.8 Å². The molecular formula is C33H40N2O4. The molecule has 0 bridgehead atoms. The summed E-state index contributed by atoms with van der Waals surface area (Å²) in [6.45, 7) is 15.5. The van der Waals surface area contributed by atoms with Crippen LogP contribution in [0, 0.1) is 0 Å². The molecule has 1 spiro atoms. The third-order valence-corrected chi connectivity index (χ3v) is 7.78. The zero-order chi connectivity index (χ0) is 28.0. The second kappa shape index (κ2) is 12.5. The molecule has 2 aliphatic rings. The van der Waals surface area contributed by atoms with E-state index in [0.29, 0.717) is 12.2 Å². The first kappa shape index (κ1) is 28.4. The van der Waals surface area contributed by atoms with Gasteiger partial charge in [-0.2, -0.15) is 0 Å². The number of allylic oxidation sites excluding steroid dienone is 4. The number of hydrogen-bond donors (Lipinski definition) is 1. The lowest BCUT2D eigenvalue weighted by atomic mass is 9.87. The number of amides is 1. The Morgan fingerprint density at radius 2 is 1.67 bits per heavy atom. The first-order valence-electron chi connectivity index (χ1n) is 14.0. The van der Waals surface area contributed by atoms with Gasteiger partial charge >= 0.3 is 12.1 Å². The molecule has 39 heavy (non-hydrogen) atoms. The van der Waals surface area contributed by atoms with Crippen LogP contribution in [0.1, 0.15) is 72.1 Å². The number of aromatic carboxylic acids is 1. The molecule has 0 aliphatic carbocycles. The van der Waals surface area contributed by atoms with Gasteiger partial charge in [-0.15, -0.1) is 0 Å². The molecule has 2 saturated heterocycles. The van der Waals surface area contributed by atoms with Crippen molar-refractivity contribution in [2.75, 3.05) is 24.5 Å². The highest BCUT2D eigenvalue weighted by atomic mass is 16.6. The van der Waals surface area contributed by atoms with E-state index in [1.54, 1.807) is 17.0 Å². The Hall–Kier alpha value is -3.64. The normalized spacial score (nSPS) is 17.3. The van der Waals surface area contributed by atoms with Crippen molar-refractivity contribution in [2.45, 2.75) is 64.5 Å². The van der Waals surface area contributed by atoms with Crippen LogP contribution in [0.5, 0.6) is 0 Å². The van der Waals surface area contributed by atoms with Crippen LogP contribution in [0.3, 0.4) is 0 Å². The van der Waals surface area contributed by atoms with Gasteiger partial charge < -0.3 is 9.84 Å². The van der Waals surface area contributed by atoms with Gasteiger partial charge in [0.2, 0.25) is 0 Å². The summed E-state index contributed by atoms with van der Waals surface area (Å²) >= 11 is 0. The number of rotatable bonds is 11. The Morgan fingerprint density at radius 1 is 1.05 bits per heavy atom. The average Bonchev–Trinajstić information content (AvgIpc) is 3.25. The summed E-state index contributed by atoms with van der Waals surface area (Å²) in [6.07, 6.45) is 11.2. The number of piperidine rings is 1. The van der Waals surface area contributed by atoms with Crippen molar-refractivity contribution in [1.82, 2.24) is 4.90 Å². The molecule has 206 valence electrons. The molecule has 2 aliphatic heterocycles. The average molecular weight is 529 g/mol. The summed E-state index contributed by atoms with van der Waals surface area (Å²) in [7, 11) is 0. The van der Waals surface area contributed by atoms with Gasteiger partial charge in [-0.1, -0.05) is 70.2 Å². The number of carboxylic acid groups (broad SMARTS) is 1. The quantitative estimate of drug-likeness (QED) is 0.317. The Bertz CT molecular complexity index is 1230. The van der Waals surface area contributed by atoms with Crippen LogP contribution in [-0.2, 0) is 24.1 Å². The second-order valence-electron chi connectivity index (χ2n) is 10.6. The highest BCUT2D eigenvalue weighted by Crippen LogP contribution is 2.37. The maximum atomic E-state index is 12.8. The van der Waals surface area contributed by atoms with Gasteiger partial charge in [0.1, 0.15) is 5.60 Å². The Morgan fingerprint density at radius 3 is 2.18 bits per heavy atom. The summed E-state index contributed by atoms with van der Waals surface area (Å²) in [4.78, 5) is 28.0. The number of benzene rings is 2. The molecule has 1 N–H and O–H groups in total. The van der Waals surface area contributed by atoms with E-state index >= 15 is 0 Å². The van der Waals surface area contributed by atoms with Crippen molar-refractivity contribution < 1.29 is 19.4 Å². The number of anilines is 1. The van der Waals surface area contributed by atoms with Gasteiger partial charge in [0.25, 0.3) is 0 Å². The molecule has 2 aromatic carbocycles. The van der Waals surface area contributed by atoms with Crippen molar-refractivity contribution in [2.24, 2.45) is 0 Å². The van der Waals surface area contributed by atoms with E-state index in [9.17, 15) is 9.59 Å². The van der Waals surface area contributed by atoms with Gasteiger partial charge in [-0.25, -0.2) is 9.59 Å². The number of aryl methyl sites for hydroxylation is 2. The van der Waals surface area contributed by atoms with Crippen LogP contribution in [-0.4, -0.2) is 47.3 Å². The van der Waals surface area contributed by atoms with Crippen LogP contribution < -0.4 is 4.90 Å². The second-order valence-corrected chi connectivity index (χ2v) is 10.6. The maximum absolute atomic E-state index is 12.8. The smallest absolute Gasteiger partial charge is 0.415 e. The monoisotopic (exact) mass is 528 g/mol. The first-order chi connectivity index (χ1) is 18.8. The summed E-state index contributed by atoms with van der Waals surface area (Å²) in [5.74, 6) is -0.984. The largest absolute Gasteiger partial charge is 0.478 e. The number of hydrogen-bond acceptors (Lipinski definition) is 4. The van der Waals surface area contributed by atoms with Crippen molar-refractivity contribution in [3.63, 3.8) is 0 Å². The van der Waals surface area contributed by atoms with Crippen molar-refractivity contribution in [3.05, 3.63) is 95.6 Å². The number of ether oxygens (including phenoxy) is 1. The fourth-order valence-corrected chi connectivity index (χ4v) is 5.86. The number of carboxylic acids is 1. The Labute approximate surface area is 232 Å². The summed E-state index contributed by atoms with van der Waals surface area (Å²) in [5, 5.41) is 9.16. The lowest BCUT2D eigenvalue weighted by Gasteiger charge is -2.37. The fourth-order valence-electron chi connectivity index (χ4n) is 5.86. The lowest BCUT2D eigenvalue weighted by molar-refractivity contribution is -0.000990. The van der Waals surface area contributed by atoms with Crippen LogP contribution in [0.25, 0.3) is 5.57 Å². The standard InChI is InChI=1S/C33H40N2O4/c1-5-9-25(8-4)30-27(10-6-2)20-24(21-28(30)11-7-3)22-34-18-16-33(17-19-34)23-35(32(38)39-33)29-14-12-26(13-15-29)31(36)37/h5,8-9,12-15,20-21H,1,4,6-7,10-11,16-19,22-23H2,2-3H3,(H,36,37)/b25-9+. The van der Waals surface area contributed by atoms with E-state index in [-0.39, 0.29) is 11.7 Å². The van der Waals surface area contributed by atoms with E-state index in [1.165, 1.54) is 34.4 Å². The first-order valence-corrected chi connectivity index (χ1v) is 14.0. The zero-order valence-electron chi connectivity index (χ0n) is 23.2. The molecule has 4 rings (SSSR count). The third kappa shape index (κ3) is 6.34. The fraction of sp³-hybridized carbons (Fsp3) is 0.394. The van der Waals surface area contributed by atoms with E-state index in [4.69, 9.17) is 9.84 Å². The van der Waals surface area contributed by atoms with E-state index in [2.05, 4.69) is 50.1 Å². The minimum atomic E-state index is -0.984. The van der Waals surface area contributed by atoms with E-state index in [1.807, 2.05) is 12.2 Å². The molecule has 0 saturated carbocycles. The number of carbonyl (C=O) groups excluding carboxylic acids is 1. The molecule has 2 heterocycles. The van der Waals surface area contributed by atoms with Crippen molar-refractivity contribution in [1.29, 1.82) is 0 Å². The predicted molar refractivity (Wildman–Crippen MR) is 157 cm³/mol. The molecule has 6 heteroatoms. The summed E-state index contributed by atoms with van der Waals surface area (Å²) in [5.41, 5.74) is 6.87. The molecule has 2 aromatic rings. The summed E-state index contributed by atoms with van der Waals surface area (Å²) in [6, 6.07) is 11.1. The SMILES string of the molecule is C=C/C=C(\C=C)c1c(CCC)cc(CN2CCC3(CC2)CN(c2ccc(C(=O)O)cc2)C(=O)O3)cc1CCC. The molecule has 2 fully saturated rings. The van der Waals surface area contributed by atoms with Crippen LogP contribution in [0.2, 0.25) is 0 Å². The highest BCUT2D eigenvalue weighted by molar-refractivity contribution is 5.92. The molecule has 0 aromatic heterocycles. The molecule has 6 nitrogen and oxygen atoms in total. The van der Waals surface area contributed by atoms with Crippen molar-refractivity contribution in [3.8, 4) is 0 Å². The molecule has 0 radical (unpaired) electrons.